The molecular weight excluding hydrogens is 216 g/mol. The van der Waals surface area contributed by atoms with Gasteiger partial charge in [-0.15, -0.1) is 6.42 Å². The quantitative estimate of drug-likeness (QED) is 0.589. The highest BCUT2D eigenvalue weighted by Gasteiger charge is 2.25. The molecule has 2 nitrogen and oxygen atoms in total. The van der Waals surface area contributed by atoms with Gasteiger partial charge in [0.05, 0.1) is 0 Å². The molecule has 0 amide bonds. The minimum absolute atomic E-state index is 0.251. The van der Waals surface area contributed by atoms with Crippen molar-refractivity contribution in [2.75, 3.05) is 6.61 Å². The summed E-state index contributed by atoms with van der Waals surface area (Å²) in [5.41, 5.74) is 0.757. The van der Waals surface area contributed by atoms with Crippen molar-refractivity contribution in [1.29, 1.82) is 0 Å². The Hall–Kier alpha value is -1.53. The van der Waals surface area contributed by atoms with Gasteiger partial charge in [-0.1, -0.05) is 25.6 Å². The number of hydrogen-bond donors (Lipinski definition) is 0. The van der Waals surface area contributed by atoms with Crippen LogP contribution in [0.5, 0.6) is 5.75 Å². The predicted octanol–water partition coefficient (Wildman–Crippen LogP) is 2.76. The lowest BCUT2D eigenvalue weighted by Crippen LogP contribution is -2.33. The number of benzene rings is 1. The van der Waals surface area contributed by atoms with Crippen LogP contribution in [-0.4, -0.2) is 20.1 Å². The fraction of sp³-hybridized carbons (Fsp3) is 0.308. The van der Waals surface area contributed by atoms with Crippen molar-refractivity contribution in [3.05, 3.63) is 29.8 Å². The van der Waals surface area contributed by atoms with Crippen LogP contribution >= 0.6 is 0 Å². The smallest absolute Gasteiger partial charge is 0.148 e. The molecule has 1 aromatic rings. The molecule has 0 fully saturated rings. The molecule has 0 atom stereocenters. The first-order valence-electron chi connectivity index (χ1n) is 5.16. The summed E-state index contributed by atoms with van der Waals surface area (Å²) in [5.74, 6) is 3.09. The third-order valence-electron chi connectivity index (χ3n) is 2.12. The van der Waals surface area contributed by atoms with Crippen LogP contribution in [0, 0.1) is 12.3 Å². The van der Waals surface area contributed by atoms with Gasteiger partial charge in [0.25, 0.3) is 0 Å². The van der Waals surface area contributed by atoms with E-state index in [0.29, 0.717) is 5.75 Å². The monoisotopic (exact) mass is 232 g/mol. The Labute approximate surface area is 97.6 Å². The molecule has 0 bridgehead atoms. The minimum atomic E-state index is -1.76. The summed E-state index contributed by atoms with van der Waals surface area (Å²) in [6, 6.07) is 7.16. The van der Waals surface area contributed by atoms with Gasteiger partial charge in [-0.2, -0.15) is 0 Å². The van der Waals surface area contributed by atoms with Crippen molar-refractivity contribution in [2.24, 2.45) is 0 Å². The van der Waals surface area contributed by atoms with Crippen LogP contribution < -0.4 is 4.74 Å². The molecule has 16 heavy (non-hydrogen) atoms. The molecule has 0 aromatic heterocycles. The molecule has 0 heterocycles. The van der Waals surface area contributed by atoms with Gasteiger partial charge >= 0.3 is 0 Å². The fourth-order valence-corrected chi connectivity index (χ4v) is 2.29. The second-order valence-electron chi connectivity index (χ2n) is 4.60. The van der Waals surface area contributed by atoms with Crippen LogP contribution in [0.4, 0.5) is 0 Å². The molecule has 0 N–H and O–H groups in total. The zero-order valence-electron chi connectivity index (χ0n) is 9.91. The van der Waals surface area contributed by atoms with Crippen LogP contribution in [0.2, 0.25) is 19.6 Å². The maximum Gasteiger partial charge on any atom is 0.148 e. The first-order chi connectivity index (χ1) is 7.45. The summed E-state index contributed by atoms with van der Waals surface area (Å²) in [4.78, 5) is 12.0. The second kappa shape index (κ2) is 5.00. The van der Waals surface area contributed by atoms with Crippen LogP contribution in [0.3, 0.4) is 0 Å². The van der Waals surface area contributed by atoms with Crippen molar-refractivity contribution in [1.82, 2.24) is 0 Å². The van der Waals surface area contributed by atoms with E-state index in [-0.39, 0.29) is 12.0 Å². The van der Waals surface area contributed by atoms with Gasteiger partial charge in [-0.3, -0.25) is 0 Å². The third kappa shape index (κ3) is 3.25. The van der Waals surface area contributed by atoms with Crippen molar-refractivity contribution in [3.63, 3.8) is 0 Å². The molecule has 1 rings (SSSR count). The zero-order valence-corrected chi connectivity index (χ0v) is 10.9. The summed E-state index contributed by atoms with van der Waals surface area (Å²) in [5, 5.41) is 0.260. The van der Waals surface area contributed by atoms with E-state index in [9.17, 15) is 4.79 Å². The Balaban J connectivity index is 2.80. The fourth-order valence-electron chi connectivity index (χ4n) is 1.26. The molecule has 84 valence electrons. The average Bonchev–Trinajstić information content (AvgIpc) is 2.25. The Kier molecular flexibility index (Phi) is 3.91. The molecule has 0 aliphatic heterocycles. The largest absolute Gasteiger partial charge is 0.481 e. The lowest BCUT2D eigenvalue weighted by molar-refractivity contribution is 0.106. The molecule has 0 aliphatic carbocycles. The number of terminal acetylenes is 1. The van der Waals surface area contributed by atoms with Crippen molar-refractivity contribution in [2.45, 2.75) is 19.6 Å². The first kappa shape index (κ1) is 12.5. The molecule has 0 spiro atoms. The van der Waals surface area contributed by atoms with Gasteiger partial charge < -0.3 is 9.53 Å². The van der Waals surface area contributed by atoms with E-state index in [1.165, 1.54) is 0 Å². The zero-order chi connectivity index (χ0) is 12.2. The normalized spacial score (nSPS) is 10.6. The number of hydrogen-bond acceptors (Lipinski definition) is 2. The van der Waals surface area contributed by atoms with Gasteiger partial charge in [0.2, 0.25) is 0 Å². The maximum atomic E-state index is 12.0. The molecule has 1 aromatic carbocycles. The Morgan fingerprint density at radius 3 is 2.31 bits per heavy atom. The van der Waals surface area contributed by atoms with E-state index in [2.05, 4.69) is 5.92 Å². The van der Waals surface area contributed by atoms with E-state index in [4.69, 9.17) is 11.2 Å². The highest BCUT2D eigenvalue weighted by atomic mass is 28.3. The summed E-state index contributed by atoms with van der Waals surface area (Å²) < 4.78 is 5.24. The number of ether oxygens (including phenoxy) is 1. The molecule has 0 aliphatic rings. The van der Waals surface area contributed by atoms with Gasteiger partial charge in [-0.25, -0.2) is 0 Å². The summed E-state index contributed by atoms with van der Waals surface area (Å²) in [7, 11) is -1.76. The second-order valence-corrected chi connectivity index (χ2v) is 9.55. The van der Waals surface area contributed by atoms with Crippen LogP contribution in [-0.2, 0) is 0 Å². The average molecular weight is 232 g/mol. The van der Waals surface area contributed by atoms with Crippen LogP contribution in [0.15, 0.2) is 24.3 Å². The van der Waals surface area contributed by atoms with E-state index < -0.39 is 8.07 Å². The summed E-state index contributed by atoms with van der Waals surface area (Å²) in [6.45, 7) is 6.37. The highest BCUT2D eigenvalue weighted by Crippen LogP contribution is 2.16. The number of carbonyl (C=O) groups is 1. The molecule has 0 radical (unpaired) electrons. The lowest BCUT2D eigenvalue weighted by atomic mass is 10.2. The Bertz CT molecular complexity index is 407. The minimum Gasteiger partial charge on any atom is -0.481 e. The van der Waals surface area contributed by atoms with E-state index in [1.54, 1.807) is 24.3 Å². The van der Waals surface area contributed by atoms with Gasteiger partial charge in [0.15, 0.2) is 0 Å². The van der Waals surface area contributed by atoms with E-state index in [1.807, 2.05) is 19.6 Å². The molecule has 3 heteroatoms. The first-order valence-corrected chi connectivity index (χ1v) is 8.66. The van der Waals surface area contributed by atoms with Crippen molar-refractivity contribution >= 4 is 13.5 Å². The van der Waals surface area contributed by atoms with Crippen molar-refractivity contribution < 1.29 is 9.53 Å². The topological polar surface area (TPSA) is 26.3 Å². The van der Waals surface area contributed by atoms with Crippen LogP contribution in [0.1, 0.15) is 10.4 Å². The van der Waals surface area contributed by atoms with Gasteiger partial charge in [-0.05, 0) is 24.3 Å². The van der Waals surface area contributed by atoms with Gasteiger partial charge in [0.1, 0.15) is 25.8 Å². The Morgan fingerprint density at radius 1 is 1.31 bits per heavy atom. The molecule has 0 saturated heterocycles. The van der Waals surface area contributed by atoms with E-state index in [0.717, 1.165) is 5.56 Å². The summed E-state index contributed by atoms with van der Waals surface area (Å²) in [6.07, 6.45) is 5.09. The summed E-state index contributed by atoms with van der Waals surface area (Å²) >= 11 is 0. The maximum absolute atomic E-state index is 12.0. The number of rotatable bonds is 4. The predicted molar refractivity (Wildman–Crippen MR) is 68.4 cm³/mol. The molecule has 0 unspecified atom stereocenters. The van der Waals surface area contributed by atoms with Gasteiger partial charge in [0, 0.05) is 5.56 Å². The molecule has 0 saturated carbocycles. The lowest BCUT2D eigenvalue weighted by Gasteiger charge is -2.14. The van der Waals surface area contributed by atoms with Crippen LogP contribution in [0.25, 0.3) is 0 Å². The van der Waals surface area contributed by atoms with Crippen molar-refractivity contribution in [3.8, 4) is 18.1 Å². The highest BCUT2D eigenvalue weighted by molar-refractivity contribution is 7.05. The third-order valence-corrected chi connectivity index (χ3v) is 3.77. The Morgan fingerprint density at radius 2 is 1.88 bits per heavy atom. The van der Waals surface area contributed by atoms with E-state index >= 15 is 0 Å². The standard InChI is InChI=1S/C13H16O2Si/c1-5-10-15-12-8-6-11(7-9-12)13(14)16(2,3)4/h1,6-9H,10H2,2-4H3. The molecular formula is C13H16O2Si. The number of carbonyl (C=O) groups excluding carboxylic acids is 1. The SMILES string of the molecule is C#CCOc1ccc(C(=O)[Si](C)(C)C)cc1.